The Morgan fingerprint density at radius 2 is 1.91 bits per heavy atom. The zero-order valence-corrected chi connectivity index (χ0v) is 20.2. The predicted octanol–water partition coefficient (Wildman–Crippen LogP) is 2.69. The minimum Gasteiger partial charge on any atom is -0.348 e. The third-order valence-electron chi connectivity index (χ3n) is 6.16. The minimum absolute atomic E-state index is 0.0346. The number of hydrogen-bond acceptors (Lipinski definition) is 6. The lowest BCUT2D eigenvalue weighted by Gasteiger charge is -2.31. The maximum Gasteiger partial charge on any atom is 0.244 e. The summed E-state index contributed by atoms with van der Waals surface area (Å²) in [7, 11) is -1.55. The van der Waals surface area contributed by atoms with E-state index in [1.54, 1.807) is 12.1 Å². The highest BCUT2D eigenvalue weighted by Gasteiger charge is 2.28. The number of pyridine rings is 1. The predicted molar refractivity (Wildman–Crippen MR) is 126 cm³/mol. The summed E-state index contributed by atoms with van der Waals surface area (Å²) in [5.41, 5.74) is 2.52. The van der Waals surface area contributed by atoms with E-state index in [-0.39, 0.29) is 22.1 Å². The number of piperazine rings is 1. The lowest BCUT2D eigenvalue weighted by atomic mass is 9.88. The van der Waals surface area contributed by atoms with Crippen molar-refractivity contribution < 1.29 is 13.2 Å². The Kier molecular flexibility index (Phi) is 7.19. The van der Waals surface area contributed by atoms with Gasteiger partial charge in [-0.05, 0) is 56.5 Å². The monoisotopic (exact) mass is 474 g/mol. The quantitative estimate of drug-likeness (QED) is 0.649. The minimum atomic E-state index is -3.54. The molecule has 172 valence electrons. The molecule has 2 heterocycles. The van der Waals surface area contributed by atoms with Gasteiger partial charge in [-0.3, -0.25) is 4.79 Å². The van der Waals surface area contributed by atoms with Gasteiger partial charge in [-0.25, -0.2) is 13.4 Å². The Morgan fingerprint density at radius 1 is 1.16 bits per heavy atom. The molecule has 2 aromatic rings. The molecule has 2 aliphatic rings. The molecule has 9 heteroatoms. The second-order valence-electron chi connectivity index (χ2n) is 8.45. The molecular weight excluding hydrogens is 444 g/mol. The van der Waals surface area contributed by atoms with E-state index >= 15 is 0 Å². The van der Waals surface area contributed by atoms with E-state index in [1.165, 1.54) is 33.4 Å². The summed E-state index contributed by atoms with van der Waals surface area (Å²) in [5, 5.41) is 3.48. The average Bonchev–Trinajstić information content (AvgIpc) is 2.80. The van der Waals surface area contributed by atoms with Gasteiger partial charge in [-0.1, -0.05) is 36.0 Å². The van der Waals surface area contributed by atoms with Crippen LogP contribution in [0.25, 0.3) is 0 Å². The number of hydrogen-bond donors (Lipinski definition) is 1. The van der Waals surface area contributed by atoms with Crippen molar-refractivity contribution in [3.63, 3.8) is 0 Å². The number of carbonyl (C=O) groups is 1. The molecule has 0 radical (unpaired) electrons. The van der Waals surface area contributed by atoms with E-state index in [0.717, 1.165) is 32.4 Å². The highest BCUT2D eigenvalue weighted by molar-refractivity contribution is 8.00. The Labute approximate surface area is 194 Å². The summed E-state index contributed by atoms with van der Waals surface area (Å²) in [4.78, 5) is 19.5. The standard InChI is InChI=1S/C23H30N4O3S2/c1-17(23(28)25-21-9-5-7-18-6-3-4-8-20(18)21)31-22-11-10-19(16-24-22)32(29,30)27-14-12-26(2)13-15-27/h3-4,6,8,10-11,16-17,21H,5,7,9,12-15H2,1-2H3,(H,25,28)/t17-,21+/m0/s1. The molecule has 1 amide bonds. The number of carbonyl (C=O) groups excluding carboxylic acids is 1. The molecule has 1 aliphatic heterocycles. The average molecular weight is 475 g/mol. The van der Waals surface area contributed by atoms with Crippen molar-refractivity contribution in [3.05, 3.63) is 53.7 Å². The molecule has 1 aromatic carbocycles. The van der Waals surface area contributed by atoms with Gasteiger partial charge in [0, 0.05) is 32.4 Å². The van der Waals surface area contributed by atoms with E-state index in [0.29, 0.717) is 18.1 Å². The molecule has 1 N–H and O–H groups in total. The van der Waals surface area contributed by atoms with Crippen molar-refractivity contribution in [1.82, 2.24) is 19.5 Å². The van der Waals surface area contributed by atoms with Crippen LogP contribution in [0.1, 0.15) is 36.9 Å². The molecule has 1 saturated heterocycles. The number of nitrogens with zero attached hydrogens (tertiary/aromatic N) is 3. The summed E-state index contributed by atoms with van der Waals surface area (Å²) in [6.07, 6.45) is 4.46. The second-order valence-corrected chi connectivity index (χ2v) is 11.8. The lowest BCUT2D eigenvalue weighted by molar-refractivity contribution is -0.121. The highest BCUT2D eigenvalue weighted by Crippen LogP contribution is 2.30. The molecule has 1 aromatic heterocycles. The van der Waals surface area contributed by atoms with Gasteiger partial charge >= 0.3 is 0 Å². The number of amides is 1. The molecule has 0 unspecified atom stereocenters. The first-order valence-electron chi connectivity index (χ1n) is 11.0. The first-order chi connectivity index (χ1) is 15.3. The van der Waals surface area contributed by atoms with Crippen molar-refractivity contribution >= 4 is 27.7 Å². The molecule has 32 heavy (non-hydrogen) atoms. The van der Waals surface area contributed by atoms with Crippen molar-refractivity contribution in [1.29, 1.82) is 0 Å². The van der Waals surface area contributed by atoms with Gasteiger partial charge in [0.1, 0.15) is 4.90 Å². The number of rotatable bonds is 6. The third kappa shape index (κ3) is 5.17. The SMILES string of the molecule is C[C@H](Sc1ccc(S(=O)(=O)N2CCN(C)CC2)cn1)C(=O)N[C@@H]1CCCc2ccccc21. The van der Waals surface area contributed by atoms with Crippen LogP contribution in [0, 0.1) is 0 Å². The number of aromatic nitrogens is 1. The summed E-state index contributed by atoms with van der Waals surface area (Å²) in [6.45, 7) is 4.26. The summed E-state index contributed by atoms with van der Waals surface area (Å²) in [5.74, 6) is -0.0346. The summed E-state index contributed by atoms with van der Waals surface area (Å²) >= 11 is 1.34. The first-order valence-corrected chi connectivity index (χ1v) is 13.4. The van der Waals surface area contributed by atoms with Crippen LogP contribution in [0.3, 0.4) is 0 Å². The Morgan fingerprint density at radius 3 is 2.62 bits per heavy atom. The third-order valence-corrected chi connectivity index (χ3v) is 9.09. The van der Waals surface area contributed by atoms with Gasteiger partial charge in [-0.2, -0.15) is 4.31 Å². The van der Waals surface area contributed by atoms with E-state index in [4.69, 9.17) is 0 Å². The fourth-order valence-corrected chi connectivity index (χ4v) is 6.36. The van der Waals surface area contributed by atoms with Gasteiger partial charge < -0.3 is 10.2 Å². The van der Waals surface area contributed by atoms with Gasteiger partial charge in [0.15, 0.2) is 0 Å². The molecule has 7 nitrogen and oxygen atoms in total. The molecule has 1 aliphatic carbocycles. The molecule has 0 spiro atoms. The number of thioether (sulfide) groups is 1. The summed E-state index contributed by atoms with van der Waals surface area (Å²) in [6, 6.07) is 11.6. The number of fused-ring (bicyclic) bond motifs is 1. The fourth-order valence-electron chi connectivity index (χ4n) is 4.19. The number of sulfonamides is 1. The van der Waals surface area contributed by atoms with Crippen molar-refractivity contribution in [2.75, 3.05) is 33.2 Å². The highest BCUT2D eigenvalue weighted by atomic mass is 32.2. The number of likely N-dealkylation sites (N-methyl/N-ethyl adjacent to an activating group) is 1. The number of aryl methyl sites for hydroxylation is 1. The van der Waals surface area contributed by atoms with Crippen LogP contribution in [0.4, 0.5) is 0 Å². The van der Waals surface area contributed by atoms with Crippen molar-refractivity contribution in [2.24, 2.45) is 0 Å². The van der Waals surface area contributed by atoms with E-state index in [1.807, 2.05) is 26.1 Å². The Hall–Kier alpha value is -1.94. The smallest absolute Gasteiger partial charge is 0.244 e. The first kappa shape index (κ1) is 23.2. The van der Waals surface area contributed by atoms with Crippen molar-refractivity contribution in [3.8, 4) is 0 Å². The van der Waals surface area contributed by atoms with Gasteiger partial charge in [0.05, 0.1) is 16.3 Å². The molecule has 1 fully saturated rings. The topological polar surface area (TPSA) is 82.6 Å². The van der Waals surface area contributed by atoms with Gasteiger partial charge in [0.25, 0.3) is 0 Å². The Balaban J connectivity index is 1.37. The number of nitrogens with one attached hydrogen (secondary N) is 1. The van der Waals surface area contributed by atoms with E-state index < -0.39 is 10.0 Å². The zero-order valence-electron chi connectivity index (χ0n) is 18.5. The van der Waals surface area contributed by atoms with Crippen LogP contribution < -0.4 is 5.32 Å². The number of benzene rings is 1. The molecule has 4 rings (SSSR count). The lowest BCUT2D eigenvalue weighted by Crippen LogP contribution is -2.47. The Bertz CT molecular complexity index is 1050. The molecule has 0 bridgehead atoms. The van der Waals surface area contributed by atoms with Gasteiger partial charge in [-0.15, -0.1) is 0 Å². The normalized spacial score (nSPS) is 21.0. The zero-order chi connectivity index (χ0) is 22.7. The van der Waals surface area contributed by atoms with Crippen LogP contribution in [-0.4, -0.2) is 67.0 Å². The second kappa shape index (κ2) is 9.91. The van der Waals surface area contributed by atoms with Crippen LogP contribution in [0.5, 0.6) is 0 Å². The molecule has 2 atom stereocenters. The summed E-state index contributed by atoms with van der Waals surface area (Å²) < 4.78 is 27.2. The van der Waals surface area contributed by atoms with E-state index in [9.17, 15) is 13.2 Å². The molecular formula is C23H30N4O3S2. The molecule has 0 saturated carbocycles. The van der Waals surface area contributed by atoms with E-state index in [2.05, 4.69) is 27.3 Å². The van der Waals surface area contributed by atoms with Crippen molar-refractivity contribution in [2.45, 2.75) is 47.4 Å². The fraction of sp³-hybridized carbons (Fsp3) is 0.478. The van der Waals surface area contributed by atoms with Crippen LogP contribution in [0.15, 0.2) is 52.5 Å². The maximum absolute atomic E-state index is 12.9. The van der Waals surface area contributed by atoms with Crippen LogP contribution in [-0.2, 0) is 21.2 Å². The van der Waals surface area contributed by atoms with Gasteiger partial charge in [0.2, 0.25) is 15.9 Å². The van der Waals surface area contributed by atoms with Crippen LogP contribution in [0.2, 0.25) is 0 Å². The largest absolute Gasteiger partial charge is 0.348 e. The maximum atomic E-state index is 12.9. The van der Waals surface area contributed by atoms with Crippen LogP contribution >= 0.6 is 11.8 Å².